The highest BCUT2D eigenvalue weighted by atomic mass is 35.5. The second-order valence-corrected chi connectivity index (χ2v) is 7.41. The van der Waals surface area contributed by atoms with Gasteiger partial charge < -0.3 is 9.47 Å². The lowest BCUT2D eigenvalue weighted by molar-refractivity contribution is -0.00476. The first-order valence-electron chi connectivity index (χ1n) is 10.5. The molecule has 3 nitrogen and oxygen atoms in total. The lowest BCUT2D eigenvalue weighted by Gasteiger charge is -2.35. The van der Waals surface area contributed by atoms with Crippen molar-refractivity contribution in [3.63, 3.8) is 0 Å². The van der Waals surface area contributed by atoms with Gasteiger partial charge in [0.15, 0.2) is 6.23 Å². The summed E-state index contributed by atoms with van der Waals surface area (Å²) in [5.74, 6) is 1.82. The van der Waals surface area contributed by atoms with Gasteiger partial charge in [-0.05, 0) is 55.5 Å². The summed E-state index contributed by atoms with van der Waals surface area (Å²) in [6.45, 7) is 5.17. The van der Waals surface area contributed by atoms with Gasteiger partial charge in [-0.25, -0.2) is 0 Å². The summed E-state index contributed by atoms with van der Waals surface area (Å²) in [5, 5.41) is 0. The van der Waals surface area contributed by atoms with Gasteiger partial charge in [0.25, 0.3) is 0 Å². The van der Waals surface area contributed by atoms with Crippen molar-refractivity contribution < 1.29 is 9.47 Å². The minimum atomic E-state index is 0. The van der Waals surface area contributed by atoms with E-state index < -0.39 is 0 Å². The summed E-state index contributed by atoms with van der Waals surface area (Å²) < 4.78 is 12.2. The van der Waals surface area contributed by atoms with Crippen molar-refractivity contribution >= 4 is 12.4 Å². The maximum absolute atomic E-state index is 6.31. The molecule has 3 rings (SSSR count). The van der Waals surface area contributed by atoms with Crippen LogP contribution in [0.1, 0.15) is 57.4 Å². The molecule has 0 aliphatic carbocycles. The number of unbranched alkanes of at least 4 members (excludes halogenated alkanes) is 3. The number of ether oxygens (including phenoxy) is 2. The summed E-state index contributed by atoms with van der Waals surface area (Å²) in [5.41, 5.74) is 1.18. The molecule has 1 aliphatic rings. The third-order valence-corrected chi connectivity index (χ3v) is 5.20. The third kappa shape index (κ3) is 7.37. The zero-order valence-corrected chi connectivity index (χ0v) is 17.8. The van der Waals surface area contributed by atoms with Gasteiger partial charge in [0.2, 0.25) is 0 Å². The molecule has 1 fully saturated rings. The van der Waals surface area contributed by atoms with Gasteiger partial charge in [-0.15, -0.1) is 12.4 Å². The molecule has 28 heavy (non-hydrogen) atoms. The van der Waals surface area contributed by atoms with Gasteiger partial charge in [-0.1, -0.05) is 56.5 Å². The van der Waals surface area contributed by atoms with Crippen LogP contribution >= 0.6 is 12.4 Å². The highest BCUT2D eigenvalue weighted by Gasteiger charge is 2.23. The Morgan fingerprint density at radius 3 is 2.39 bits per heavy atom. The average Bonchev–Trinajstić information content (AvgIpc) is 2.72. The normalized spacial score (nSPS) is 17.0. The van der Waals surface area contributed by atoms with E-state index in [-0.39, 0.29) is 18.6 Å². The van der Waals surface area contributed by atoms with E-state index >= 15 is 0 Å². The predicted octanol–water partition coefficient (Wildman–Crippen LogP) is 6.46. The lowest BCUT2D eigenvalue weighted by Crippen LogP contribution is -2.43. The van der Waals surface area contributed by atoms with Crippen molar-refractivity contribution in [1.29, 1.82) is 0 Å². The molecule has 0 amide bonds. The molecule has 1 atom stereocenters. The highest BCUT2D eigenvalue weighted by molar-refractivity contribution is 5.85. The number of hydrogen-bond acceptors (Lipinski definition) is 3. The van der Waals surface area contributed by atoms with E-state index in [0.29, 0.717) is 6.61 Å². The monoisotopic (exact) mass is 403 g/mol. The van der Waals surface area contributed by atoms with Crippen LogP contribution in [0, 0.1) is 0 Å². The van der Waals surface area contributed by atoms with E-state index in [1.54, 1.807) is 0 Å². The van der Waals surface area contributed by atoms with Crippen LogP contribution in [0.3, 0.4) is 0 Å². The molecule has 1 saturated heterocycles. The molecule has 0 N–H and O–H groups in total. The summed E-state index contributed by atoms with van der Waals surface area (Å²) in [4.78, 5) is 2.53. The van der Waals surface area contributed by atoms with Crippen molar-refractivity contribution in [2.24, 2.45) is 0 Å². The van der Waals surface area contributed by atoms with Crippen molar-refractivity contribution in [3.05, 3.63) is 60.2 Å². The standard InChI is InChI=1S/C24H33NO2.ClH/c1-2-3-4-9-18-25-19-10-8-13-24(25)27-23-16-14-22(15-17-23)26-20-21-11-6-5-7-12-21;/h5-7,11-12,14-17,24H,2-4,8-10,13,18-20H2,1H3;1H. The van der Waals surface area contributed by atoms with Crippen LogP contribution in [0.4, 0.5) is 0 Å². The Bertz CT molecular complexity index is 647. The number of benzene rings is 2. The fraction of sp³-hybridized carbons (Fsp3) is 0.500. The molecule has 0 bridgehead atoms. The van der Waals surface area contributed by atoms with Crippen molar-refractivity contribution in [2.75, 3.05) is 13.1 Å². The van der Waals surface area contributed by atoms with E-state index in [1.807, 2.05) is 42.5 Å². The highest BCUT2D eigenvalue weighted by Crippen LogP contribution is 2.24. The molecule has 0 radical (unpaired) electrons. The fourth-order valence-electron chi connectivity index (χ4n) is 3.60. The third-order valence-electron chi connectivity index (χ3n) is 5.20. The van der Waals surface area contributed by atoms with Gasteiger partial charge in [0.1, 0.15) is 18.1 Å². The summed E-state index contributed by atoms with van der Waals surface area (Å²) in [6.07, 6.45) is 9.13. The number of nitrogens with zero attached hydrogens (tertiary/aromatic N) is 1. The molecule has 0 spiro atoms. The summed E-state index contributed by atoms with van der Waals surface area (Å²) in [6, 6.07) is 18.3. The van der Waals surface area contributed by atoms with Crippen LogP contribution in [-0.4, -0.2) is 24.2 Å². The first-order chi connectivity index (χ1) is 13.3. The molecule has 4 heteroatoms. The van der Waals surface area contributed by atoms with Crippen LogP contribution < -0.4 is 9.47 Å². The summed E-state index contributed by atoms with van der Waals surface area (Å²) in [7, 11) is 0. The summed E-state index contributed by atoms with van der Waals surface area (Å²) >= 11 is 0. The molecule has 2 aromatic rings. The average molecular weight is 404 g/mol. The number of halogens is 1. The second kappa shape index (κ2) is 12.7. The van der Waals surface area contributed by atoms with Gasteiger partial charge in [0.05, 0.1) is 0 Å². The predicted molar refractivity (Wildman–Crippen MR) is 118 cm³/mol. The quantitative estimate of drug-likeness (QED) is 0.425. The molecule has 0 saturated carbocycles. The largest absolute Gasteiger partial charge is 0.489 e. The zero-order valence-electron chi connectivity index (χ0n) is 17.0. The molecule has 1 aliphatic heterocycles. The lowest BCUT2D eigenvalue weighted by atomic mass is 10.1. The Labute approximate surface area is 176 Å². The van der Waals surface area contributed by atoms with Crippen molar-refractivity contribution in [3.8, 4) is 11.5 Å². The van der Waals surface area contributed by atoms with E-state index in [0.717, 1.165) is 31.0 Å². The maximum Gasteiger partial charge on any atom is 0.152 e. The second-order valence-electron chi connectivity index (χ2n) is 7.41. The van der Waals surface area contributed by atoms with Crippen LogP contribution in [-0.2, 0) is 6.61 Å². The molecular formula is C24H34ClNO2. The Balaban J connectivity index is 0.00000280. The van der Waals surface area contributed by atoms with E-state index in [1.165, 1.54) is 44.1 Å². The molecular weight excluding hydrogens is 370 g/mol. The van der Waals surface area contributed by atoms with Gasteiger partial charge in [0, 0.05) is 13.1 Å². The van der Waals surface area contributed by atoms with Crippen LogP contribution in [0.5, 0.6) is 11.5 Å². The minimum absolute atomic E-state index is 0. The Morgan fingerprint density at radius 1 is 0.893 bits per heavy atom. The van der Waals surface area contributed by atoms with Crippen molar-refractivity contribution in [1.82, 2.24) is 4.90 Å². The Morgan fingerprint density at radius 2 is 1.64 bits per heavy atom. The van der Waals surface area contributed by atoms with Crippen molar-refractivity contribution in [2.45, 2.75) is 64.7 Å². The smallest absolute Gasteiger partial charge is 0.152 e. The number of piperidine rings is 1. The molecule has 1 unspecified atom stereocenters. The molecule has 0 aromatic heterocycles. The van der Waals surface area contributed by atoms with E-state index in [2.05, 4.69) is 24.0 Å². The minimum Gasteiger partial charge on any atom is -0.489 e. The van der Waals surface area contributed by atoms with Crippen LogP contribution in [0.2, 0.25) is 0 Å². The number of rotatable bonds is 10. The molecule has 1 heterocycles. The number of hydrogen-bond donors (Lipinski definition) is 0. The van der Waals surface area contributed by atoms with E-state index in [9.17, 15) is 0 Å². The van der Waals surface area contributed by atoms with E-state index in [4.69, 9.17) is 9.47 Å². The van der Waals surface area contributed by atoms with Gasteiger partial charge in [-0.2, -0.15) is 0 Å². The van der Waals surface area contributed by atoms with Gasteiger partial charge >= 0.3 is 0 Å². The molecule has 2 aromatic carbocycles. The SMILES string of the molecule is CCCCCCN1CCCCC1Oc1ccc(OCc2ccccc2)cc1.Cl. The first-order valence-corrected chi connectivity index (χ1v) is 10.5. The fourth-order valence-corrected chi connectivity index (χ4v) is 3.60. The first kappa shape index (κ1) is 22.6. The maximum atomic E-state index is 6.31. The topological polar surface area (TPSA) is 21.7 Å². The molecule has 154 valence electrons. The van der Waals surface area contributed by atoms with Crippen LogP contribution in [0.15, 0.2) is 54.6 Å². The number of likely N-dealkylation sites (tertiary alicyclic amines) is 1. The Hall–Kier alpha value is -1.71. The zero-order chi connectivity index (χ0) is 18.7. The van der Waals surface area contributed by atoms with Crippen LogP contribution in [0.25, 0.3) is 0 Å². The Kier molecular flexibility index (Phi) is 10.2. The van der Waals surface area contributed by atoms with Gasteiger partial charge in [-0.3, -0.25) is 4.90 Å².